The van der Waals surface area contributed by atoms with Gasteiger partial charge in [0.05, 0.1) is 0 Å². The van der Waals surface area contributed by atoms with E-state index in [1.54, 1.807) is 0 Å². The molecule has 6 heteroatoms. The SMILES string of the molecule is CC(c1cccc(F)c1F)S(=O)(=O)F. The number of halogens is 3. The van der Waals surface area contributed by atoms with Crippen LogP contribution < -0.4 is 0 Å². The lowest BCUT2D eigenvalue weighted by atomic mass is 10.1. The van der Waals surface area contributed by atoms with Gasteiger partial charge in [0.1, 0.15) is 5.25 Å². The molecule has 0 aliphatic carbocycles. The first-order valence-electron chi connectivity index (χ1n) is 3.71. The Balaban J connectivity index is 3.28. The summed E-state index contributed by atoms with van der Waals surface area (Å²) in [4.78, 5) is 0. The van der Waals surface area contributed by atoms with Crippen molar-refractivity contribution in [2.45, 2.75) is 12.2 Å². The van der Waals surface area contributed by atoms with Crippen LogP contribution in [0.2, 0.25) is 0 Å². The first-order chi connectivity index (χ1) is 6.34. The summed E-state index contributed by atoms with van der Waals surface area (Å²) >= 11 is 0. The number of hydrogen-bond acceptors (Lipinski definition) is 2. The first kappa shape index (κ1) is 11.0. The van der Waals surface area contributed by atoms with E-state index in [1.165, 1.54) is 0 Å². The molecule has 0 aromatic heterocycles. The minimum absolute atomic E-state index is 0.507. The average molecular weight is 224 g/mol. The van der Waals surface area contributed by atoms with E-state index in [2.05, 4.69) is 0 Å². The van der Waals surface area contributed by atoms with E-state index >= 15 is 0 Å². The first-order valence-corrected chi connectivity index (χ1v) is 5.16. The van der Waals surface area contributed by atoms with E-state index in [0.717, 1.165) is 25.1 Å². The Hall–Kier alpha value is -1.04. The van der Waals surface area contributed by atoms with Crippen LogP contribution in [0.15, 0.2) is 18.2 Å². The van der Waals surface area contributed by atoms with Crippen LogP contribution in [0.25, 0.3) is 0 Å². The van der Waals surface area contributed by atoms with Crippen LogP contribution in [0, 0.1) is 11.6 Å². The zero-order chi connectivity index (χ0) is 10.9. The van der Waals surface area contributed by atoms with Gasteiger partial charge in [-0.05, 0) is 13.0 Å². The van der Waals surface area contributed by atoms with Gasteiger partial charge in [-0.25, -0.2) is 8.78 Å². The van der Waals surface area contributed by atoms with Crippen molar-refractivity contribution in [2.24, 2.45) is 0 Å². The van der Waals surface area contributed by atoms with Crippen LogP contribution in [0.4, 0.5) is 12.7 Å². The molecule has 0 bridgehead atoms. The predicted octanol–water partition coefficient (Wildman–Crippen LogP) is 2.33. The Morgan fingerprint density at radius 3 is 2.36 bits per heavy atom. The van der Waals surface area contributed by atoms with Crippen molar-refractivity contribution in [1.82, 2.24) is 0 Å². The molecule has 0 saturated heterocycles. The maximum atomic E-state index is 13.0. The zero-order valence-corrected chi connectivity index (χ0v) is 7.98. The minimum atomic E-state index is -4.90. The third kappa shape index (κ3) is 2.06. The van der Waals surface area contributed by atoms with Crippen molar-refractivity contribution in [1.29, 1.82) is 0 Å². The van der Waals surface area contributed by atoms with Crippen LogP contribution in [0.3, 0.4) is 0 Å². The van der Waals surface area contributed by atoms with Crippen molar-refractivity contribution in [2.75, 3.05) is 0 Å². The lowest BCUT2D eigenvalue weighted by Crippen LogP contribution is -2.07. The highest BCUT2D eigenvalue weighted by Crippen LogP contribution is 2.26. The fourth-order valence-electron chi connectivity index (χ4n) is 0.986. The molecule has 0 aliphatic rings. The van der Waals surface area contributed by atoms with Crippen LogP contribution in [-0.4, -0.2) is 8.42 Å². The smallest absolute Gasteiger partial charge is 0.204 e. The topological polar surface area (TPSA) is 34.1 Å². The quantitative estimate of drug-likeness (QED) is 0.722. The van der Waals surface area contributed by atoms with E-state index < -0.39 is 32.7 Å². The maximum absolute atomic E-state index is 13.0. The van der Waals surface area contributed by atoms with E-state index in [1.807, 2.05) is 0 Å². The van der Waals surface area contributed by atoms with Gasteiger partial charge in [-0.1, -0.05) is 12.1 Å². The lowest BCUT2D eigenvalue weighted by molar-refractivity contribution is 0.492. The van der Waals surface area contributed by atoms with Gasteiger partial charge >= 0.3 is 10.2 Å². The summed E-state index contributed by atoms with van der Waals surface area (Å²) in [6.45, 7) is 0.952. The summed E-state index contributed by atoms with van der Waals surface area (Å²) in [5.74, 6) is -2.53. The summed E-state index contributed by atoms with van der Waals surface area (Å²) < 4.78 is 59.0. The van der Waals surface area contributed by atoms with Crippen molar-refractivity contribution in [3.63, 3.8) is 0 Å². The second-order valence-electron chi connectivity index (χ2n) is 2.76. The molecule has 0 radical (unpaired) electrons. The third-order valence-electron chi connectivity index (χ3n) is 1.84. The van der Waals surface area contributed by atoms with Crippen molar-refractivity contribution >= 4 is 10.2 Å². The van der Waals surface area contributed by atoms with Gasteiger partial charge < -0.3 is 0 Å². The molecule has 2 nitrogen and oxygen atoms in total. The molecule has 1 aromatic carbocycles. The third-order valence-corrected chi connectivity index (χ3v) is 2.94. The van der Waals surface area contributed by atoms with Gasteiger partial charge in [0.25, 0.3) is 0 Å². The highest BCUT2D eigenvalue weighted by atomic mass is 32.3. The molecule has 0 aliphatic heterocycles. The summed E-state index contributed by atoms with van der Waals surface area (Å²) in [5, 5.41) is -1.70. The molecule has 1 atom stereocenters. The maximum Gasteiger partial charge on any atom is 0.309 e. The number of rotatable bonds is 2. The van der Waals surface area contributed by atoms with Crippen LogP contribution in [0.5, 0.6) is 0 Å². The molecule has 14 heavy (non-hydrogen) atoms. The molecule has 0 N–H and O–H groups in total. The van der Waals surface area contributed by atoms with Gasteiger partial charge in [0.15, 0.2) is 11.6 Å². The molecule has 0 amide bonds. The zero-order valence-electron chi connectivity index (χ0n) is 7.17. The Labute approximate surface area is 79.6 Å². The molecule has 1 aromatic rings. The largest absolute Gasteiger partial charge is 0.309 e. The minimum Gasteiger partial charge on any atom is -0.204 e. The Morgan fingerprint density at radius 1 is 1.29 bits per heavy atom. The Bertz CT molecular complexity index is 442. The molecule has 0 heterocycles. The van der Waals surface area contributed by atoms with E-state index in [-0.39, 0.29) is 0 Å². The van der Waals surface area contributed by atoms with Gasteiger partial charge in [0, 0.05) is 5.56 Å². The second-order valence-corrected chi connectivity index (χ2v) is 4.42. The monoisotopic (exact) mass is 224 g/mol. The standard InChI is InChI=1S/C8H7F3O2S/c1-5(14(11,12)13)6-3-2-4-7(9)8(6)10/h2-5H,1H3. The summed E-state index contributed by atoms with van der Waals surface area (Å²) in [6.07, 6.45) is 0. The average Bonchev–Trinajstić information content (AvgIpc) is 2.07. The molecular weight excluding hydrogens is 217 g/mol. The van der Waals surface area contributed by atoms with E-state index in [4.69, 9.17) is 0 Å². The van der Waals surface area contributed by atoms with Gasteiger partial charge in [-0.15, -0.1) is 3.89 Å². The summed E-state index contributed by atoms with van der Waals surface area (Å²) in [5.41, 5.74) is -0.507. The van der Waals surface area contributed by atoms with Crippen molar-refractivity contribution in [3.8, 4) is 0 Å². The van der Waals surface area contributed by atoms with Gasteiger partial charge in [-0.2, -0.15) is 8.42 Å². The number of benzene rings is 1. The molecular formula is C8H7F3O2S. The number of hydrogen-bond donors (Lipinski definition) is 0. The summed E-state index contributed by atoms with van der Waals surface area (Å²) in [6, 6.07) is 2.98. The summed E-state index contributed by atoms with van der Waals surface area (Å²) in [7, 11) is -4.90. The molecule has 1 unspecified atom stereocenters. The van der Waals surface area contributed by atoms with Crippen LogP contribution in [0.1, 0.15) is 17.7 Å². The normalized spacial score (nSPS) is 14.0. The fraction of sp³-hybridized carbons (Fsp3) is 0.250. The van der Waals surface area contributed by atoms with Crippen LogP contribution in [-0.2, 0) is 10.2 Å². The lowest BCUT2D eigenvalue weighted by Gasteiger charge is -2.07. The van der Waals surface area contributed by atoms with Gasteiger partial charge in [0.2, 0.25) is 0 Å². The van der Waals surface area contributed by atoms with Crippen molar-refractivity contribution < 1.29 is 21.1 Å². The molecule has 0 spiro atoms. The van der Waals surface area contributed by atoms with E-state index in [0.29, 0.717) is 0 Å². The highest BCUT2D eigenvalue weighted by Gasteiger charge is 2.25. The van der Waals surface area contributed by atoms with Crippen LogP contribution >= 0.6 is 0 Å². The second kappa shape index (κ2) is 3.61. The van der Waals surface area contributed by atoms with Crippen molar-refractivity contribution in [3.05, 3.63) is 35.4 Å². The van der Waals surface area contributed by atoms with Gasteiger partial charge in [-0.3, -0.25) is 0 Å². The predicted molar refractivity (Wildman–Crippen MR) is 44.8 cm³/mol. The Morgan fingerprint density at radius 2 is 1.86 bits per heavy atom. The Kier molecular flexibility index (Phi) is 2.84. The highest BCUT2D eigenvalue weighted by molar-refractivity contribution is 7.86. The van der Waals surface area contributed by atoms with E-state index in [9.17, 15) is 21.1 Å². The molecule has 78 valence electrons. The molecule has 1 rings (SSSR count). The molecule has 0 saturated carbocycles. The molecule has 0 fully saturated rings. The fourth-order valence-corrected chi connectivity index (χ4v) is 1.47.